The maximum absolute atomic E-state index is 8.36. The van der Waals surface area contributed by atoms with E-state index < -0.39 is 10.2 Å². The average Bonchev–Trinajstić information content (AvgIpc) is 1.25. The van der Waals surface area contributed by atoms with Gasteiger partial charge >= 0.3 is 37.7 Å². The third kappa shape index (κ3) is 3120. The van der Waals surface area contributed by atoms with Gasteiger partial charge in [-0.05, 0) is 0 Å². The van der Waals surface area contributed by atoms with Crippen LogP contribution < -0.4 is 0 Å². The summed E-state index contributed by atoms with van der Waals surface area (Å²) in [6.45, 7) is 0. The van der Waals surface area contributed by atoms with Crippen molar-refractivity contribution >= 4 is 37.7 Å². The molecule has 6 N–H and O–H groups in total. The Bertz CT molecular complexity index is 70.1. The van der Waals surface area contributed by atoms with Gasteiger partial charge in [-0.3, -0.25) is 0 Å². The molecular weight excluding hydrogens is 196 g/mol. The Balaban J connectivity index is -0.0000000171. The van der Waals surface area contributed by atoms with Gasteiger partial charge < -0.3 is 21.4 Å². The van der Waals surface area contributed by atoms with Crippen LogP contribution in [0.25, 0.3) is 0 Å². The summed E-state index contributed by atoms with van der Waals surface area (Å²) >= 11 is 0. The quantitative estimate of drug-likeness (QED) is 0.243. The number of rotatable bonds is 0. The molecule has 0 heterocycles. The summed E-state index contributed by atoms with van der Waals surface area (Å²) < 4.78 is 0. The summed E-state index contributed by atoms with van der Waals surface area (Å²) in [6, 6.07) is 0. The Morgan fingerprint density at radius 2 is 0.909 bits per heavy atom. The van der Waals surface area contributed by atoms with E-state index in [4.69, 9.17) is 30.6 Å². The van der Waals surface area contributed by atoms with Gasteiger partial charge in [0, 0.05) is 0 Å². The van der Waals surface area contributed by atoms with Crippen molar-refractivity contribution in [3.05, 3.63) is 20.2 Å². The van der Waals surface area contributed by atoms with Crippen molar-refractivity contribution in [3.63, 3.8) is 0 Å². The standard InChI is InChI=1S/Ca.2HNO3.2H2O/c;2*2-1(3)4;;/h;2*(H,2,3,4);2*1H2/q+2;;;;. The van der Waals surface area contributed by atoms with Crippen LogP contribution in [0.2, 0.25) is 0 Å². The third-order valence-electron chi connectivity index (χ3n) is 0. The summed E-state index contributed by atoms with van der Waals surface area (Å²) in [7, 11) is 0. The summed E-state index contributed by atoms with van der Waals surface area (Å²) in [5, 5.41) is 27.3. The van der Waals surface area contributed by atoms with E-state index in [0.29, 0.717) is 0 Å². The molecule has 0 atom stereocenters. The molecule has 0 aromatic heterocycles. The number of hydrogen-bond donors (Lipinski definition) is 2. The molecule has 10 nitrogen and oxygen atoms in total. The van der Waals surface area contributed by atoms with E-state index in [1.54, 1.807) is 0 Å². The fourth-order valence-corrected chi connectivity index (χ4v) is 0. The molecular formula is H6CaN2O8+2. The monoisotopic (exact) mass is 202 g/mol. The minimum absolute atomic E-state index is 0. The fraction of sp³-hybridized carbons (Fsp3) is 0. The molecule has 0 aliphatic heterocycles. The molecule has 0 aliphatic carbocycles. The van der Waals surface area contributed by atoms with Crippen molar-refractivity contribution in [2.75, 3.05) is 0 Å². The minimum Gasteiger partial charge on any atom is -0.412 e. The van der Waals surface area contributed by atoms with E-state index in [1.165, 1.54) is 0 Å². The van der Waals surface area contributed by atoms with E-state index >= 15 is 0 Å². The van der Waals surface area contributed by atoms with Gasteiger partial charge in [-0.25, -0.2) is 0 Å². The van der Waals surface area contributed by atoms with Crippen LogP contribution in [0.15, 0.2) is 0 Å². The van der Waals surface area contributed by atoms with Crippen LogP contribution in [0.1, 0.15) is 0 Å². The summed E-state index contributed by atoms with van der Waals surface area (Å²) in [5.41, 5.74) is 0. The smallest absolute Gasteiger partial charge is 0.412 e. The maximum Gasteiger partial charge on any atom is 2.00 e. The zero-order chi connectivity index (χ0) is 7.15. The van der Waals surface area contributed by atoms with Crippen molar-refractivity contribution in [1.29, 1.82) is 0 Å². The molecule has 0 aromatic rings. The molecule has 0 amide bonds. The summed E-state index contributed by atoms with van der Waals surface area (Å²) in [6.07, 6.45) is 0. The first-order valence-corrected chi connectivity index (χ1v) is 1.13. The normalized spacial score (nSPS) is 4.36. The van der Waals surface area contributed by atoms with Gasteiger partial charge in [0.2, 0.25) is 0 Å². The second-order valence-corrected chi connectivity index (χ2v) is 0.476. The molecule has 0 aliphatic rings. The minimum atomic E-state index is -1.50. The van der Waals surface area contributed by atoms with Crippen molar-refractivity contribution in [3.8, 4) is 0 Å². The Morgan fingerprint density at radius 3 is 0.909 bits per heavy atom. The van der Waals surface area contributed by atoms with Crippen LogP contribution in [-0.2, 0) is 0 Å². The molecule has 0 radical (unpaired) electrons. The van der Waals surface area contributed by atoms with E-state index in [2.05, 4.69) is 0 Å². The Kier molecular flexibility index (Phi) is 64.2. The summed E-state index contributed by atoms with van der Waals surface area (Å²) in [4.78, 5) is 16.7. The van der Waals surface area contributed by atoms with Crippen LogP contribution in [0.5, 0.6) is 0 Å². The van der Waals surface area contributed by atoms with Gasteiger partial charge in [0.15, 0.2) is 0 Å². The molecule has 0 spiro atoms. The van der Waals surface area contributed by atoms with Gasteiger partial charge in [0.05, 0.1) is 0 Å². The van der Waals surface area contributed by atoms with E-state index in [-0.39, 0.29) is 48.7 Å². The van der Waals surface area contributed by atoms with Crippen LogP contribution >= 0.6 is 0 Å². The van der Waals surface area contributed by atoms with Crippen LogP contribution in [0, 0.1) is 20.2 Å². The van der Waals surface area contributed by atoms with Crippen molar-refractivity contribution in [2.45, 2.75) is 0 Å². The molecule has 0 saturated carbocycles. The Labute approximate surface area is 89.3 Å². The first-order chi connectivity index (χ1) is 3.46. The van der Waals surface area contributed by atoms with Crippen molar-refractivity contribution < 1.29 is 31.5 Å². The predicted octanol–water partition coefficient (Wildman–Crippen LogP) is -2.73. The molecule has 0 fully saturated rings. The molecule has 0 rings (SSSR count). The largest absolute Gasteiger partial charge is 2.00 e. The zero-order valence-electron chi connectivity index (χ0n) is 5.13. The Morgan fingerprint density at radius 1 is 0.909 bits per heavy atom. The molecule has 0 unspecified atom stereocenters. The first-order valence-electron chi connectivity index (χ1n) is 1.13. The van der Waals surface area contributed by atoms with Gasteiger partial charge in [0.1, 0.15) is 0 Å². The topological polar surface area (TPSA) is 190 Å². The number of nitrogens with zero attached hydrogens (tertiary/aromatic N) is 2. The predicted molar refractivity (Wildman–Crippen MR) is 30.5 cm³/mol. The van der Waals surface area contributed by atoms with Gasteiger partial charge in [0.25, 0.3) is 10.2 Å². The van der Waals surface area contributed by atoms with E-state index in [1.807, 2.05) is 0 Å². The van der Waals surface area contributed by atoms with Crippen molar-refractivity contribution in [1.82, 2.24) is 0 Å². The molecule has 64 valence electrons. The van der Waals surface area contributed by atoms with Crippen LogP contribution in [0.3, 0.4) is 0 Å². The SMILES string of the molecule is O.O.O=[N+]([O-])O.O=[N+]([O-])O.[Ca+2]. The number of hydrogen-bond acceptors (Lipinski definition) is 4. The first kappa shape index (κ1) is 31.2. The second-order valence-electron chi connectivity index (χ2n) is 0.476. The fourth-order valence-electron chi connectivity index (χ4n) is 0. The molecule has 0 bridgehead atoms. The maximum atomic E-state index is 8.36. The molecule has 11 heavy (non-hydrogen) atoms. The average molecular weight is 202 g/mol. The van der Waals surface area contributed by atoms with Gasteiger partial charge in [-0.15, -0.1) is 20.2 Å². The second kappa shape index (κ2) is 22.7. The molecule has 0 aromatic carbocycles. The molecule has 0 saturated heterocycles. The van der Waals surface area contributed by atoms with Gasteiger partial charge in [-0.1, -0.05) is 0 Å². The van der Waals surface area contributed by atoms with Crippen LogP contribution in [0.4, 0.5) is 0 Å². The van der Waals surface area contributed by atoms with E-state index in [9.17, 15) is 0 Å². The van der Waals surface area contributed by atoms with Gasteiger partial charge in [-0.2, -0.15) is 0 Å². The van der Waals surface area contributed by atoms with E-state index in [0.717, 1.165) is 0 Å². The Hall–Kier alpha value is -0.420. The zero-order valence-corrected chi connectivity index (χ0v) is 7.34. The van der Waals surface area contributed by atoms with Crippen molar-refractivity contribution in [2.24, 2.45) is 0 Å². The van der Waals surface area contributed by atoms with Crippen LogP contribution in [-0.4, -0.2) is 69.3 Å². The summed E-state index contributed by atoms with van der Waals surface area (Å²) in [5.74, 6) is 0. The molecule has 11 heteroatoms. The third-order valence-corrected chi connectivity index (χ3v) is 0.